The van der Waals surface area contributed by atoms with Crippen LogP contribution in [0.1, 0.15) is 71.1 Å². The lowest BCUT2D eigenvalue weighted by Gasteiger charge is -2.09. The molecule has 0 saturated heterocycles. The fourth-order valence-corrected chi connectivity index (χ4v) is 3.84. The van der Waals surface area contributed by atoms with E-state index in [1.807, 2.05) is 0 Å². The molecule has 0 radical (unpaired) electrons. The highest BCUT2D eigenvalue weighted by atomic mass is 16.6. The van der Waals surface area contributed by atoms with Crippen LogP contribution in [0.15, 0.2) is 12.7 Å². The van der Waals surface area contributed by atoms with Crippen molar-refractivity contribution in [2.45, 2.75) is 71.1 Å². The molecule has 0 aromatic carbocycles. The van der Waals surface area contributed by atoms with Crippen LogP contribution in [0.2, 0.25) is 0 Å². The third kappa shape index (κ3) is 41.3. The minimum Gasteiger partial charge on any atom is -0.379 e. The van der Waals surface area contributed by atoms with Gasteiger partial charge in [0.25, 0.3) is 0 Å². The van der Waals surface area contributed by atoms with Gasteiger partial charge in [-0.25, -0.2) is 0 Å². The number of hydrogen-bond donors (Lipinski definition) is 0. The van der Waals surface area contributed by atoms with Crippen LogP contribution < -0.4 is 0 Å². The lowest BCUT2D eigenvalue weighted by Crippen LogP contribution is -2.15. The van der Waals surface area contributed by atoms with Gasteiger partial charge < -0.3 is 47.4 Å². The summed E-state index contributed by atoms with van der Waals surface area (Å²) in [4.78, 5) is 0. The zero-order valence-electron chi connectivity index (χ0n) is 27.6. The molecule has 0 aliphatic carbocycles. The first-order valence-corrected chi connectivity index (χ1v) is 16.8. The second kappa shape index (κ2) is 41.3. The van der Waals surface area contributed by atoms with Crippen molar-refractivity contribution in [2.75, 3.05) is 132 Å². The lowest BCUT2D eigenvalue weighted by molar-refractivity contribution is -0.0261. The van der Waals surface area contributed by atoms with Gasteiger partial charge in [-0.2, -0.15) is 0 Å². The Hall–Kier alpha value is -0.660. The zero-order valence-corrected chi connectivity index (χ0v) is 27.6. The first-order chi connectivity index (χ1) is 21.4. The maximum atomic E-state index is 5.64. The van der Waals surface area contributed by atoms with E-state index in [2.05, 4.69) is 13.5 Å². The van der Waals surface area contributed by atoms with Crippen molar-refractivity contribution >= 4 is 0 Å². The van der Waals surface area contributed by atoms with Crippen molar-refractivity contribution in [1.29, 1.82) is 0 Å². The van der Waals surface area contributed by atoms with Crippen molar-refractivity contribution in [1.82, 2.24) is 0 Å². The summed E-state index contributed by atoms with van der Waals surface area (Å²) in [6, 6.07) is 0. The minimum absolute atomic E-state index is 0.529. The third-order valence-corrected chi connectivity index (χ3v) is 6.23. The Morgan fingerprint density at radius 2 is 0.535 bits per heavy atom. The Morgan fingerprint density at radius 1 is 0.302 bits per heavy atom. The molecule has 0 spiro atoms. The topological polar surface area (TPSA) is 92.3 Å². The number of ether oxygens (including phenoxy) is 10. The van der Waals surface area contributed by atoms with E-state index >= 15 is 0 Å². The molecule has 0 atom stereocenters. The van der Waals surface area contributed by atoms with Crippen molar-refractivity contribution in [3.63, 3.8) is 0 Å². The molecule has 10 heteroatoms. The second-order valence-corrected chi connectivity index (χ2v) is 10.1. The predicted octanol–water partition coefficient (Wildman–Crippen LogP) is 5.26. The highest BCUT2D eigenvalue weighted by Gasteiger charge is 1.97. The predicted molar refractivity (Wildman–Crippen MR) is 170 cm³/mol. The highest BCUT2D eigenvalue weighted by molar-refractivity contribution is 4.63. The van der Waals surface area contributed by atoms with Gasteiger partial charge in [-0.3, -0.25) is 0 Å². The lowest BCUT2D eigenvalue weighted by atomic mass is 10.1. The van der Waals surface area contributed by atoms with Crippen molar-refractivity contribution in [3.05, 3.63) is 12.7 Å². The Kier molecular flexibility index (Phi) is 40.7. The van der Waals surface area contributed by atoms with E-state index in [0.29, 0.717) is 126 Å². The summed E-state index contributed by atoms with van der Waals surface area (Å²) in [7, 11) is 0. The van der Waals surface area contributed by atoms with E-state index in [1.54, 1.807) is 6.08 Å². The molecule has 0 N–H and O–H groups in total. The molecule has 258 valence electrons. The number of hydrogen-bond acceptors (Lipinski definition) is 10. The van der Waals surface area contributed by atoms with Crippen LogP contribution in [0.4, 0.5) is 0 Å². The molecule has 43 heavy (non-hydrogen) atoms. The van der Waals surface area contributed by atoms with E-state index in [9.17, 15) is 0 Å². The van der Waals surface area contributed by atoms with Crippen molar-refractivity contribution < 1.29 is 47.4 Å². The minimum atomic E-state index is 0.529. The van der Waals surface area contributed by atoms with Crippen LogP contribution in [0.3, 0.4) is 0 Å². The van der Waals surface area contributed by atoms with Gasteiger partial charge in [0, 0.05) is 6.61 Å². The Bertz CT molecular complexity index is 498. The summed E-state index contributed by atoms with van der Waals surface area (Å²) < 4.78 is 54.6. The largest absolute Gasteiger partial charge is 0.379 e. The van der Waals surface area contributed by atoms with E-state index in [0.717, 1.165) is 13.0 Å². The molecule has 0 bridgehead atoms. The molecule has 0 aliphatic heterocycles. The summed E-state index contributed by atoms with van der Waals surface area (Å²) in [6.07, 6.45) is 15.2. The molecule has 0 saturated carbocycles. The summed E-state index contributed by atoms with van der Waals surface area (Å²) in [6.45, 7) is 17.2. The zero-order chi connectivity index (χ0) is 31.0. The summed E-state index contributed by atoms with van der Waals surface area (Å²) in [5.74, 6) is 0. The molecular formula is C33H66O10. The van der Waals surface area contributed by atoms with E-state index in [4.69, 9.17) is 47.4 Å². The van der Waals surface area contributed by atoms with Gasteiger partial charge in [0.1, 0.15) is 0 Å². The Balaban J connectivity index is 3.03. The van der Waals surface area contributed by atoms with Crippen molar-refractivity contribution in [3.8, 4) is 0 Å². The molecule has 0 aromatic heterocycles. The number of rotatable bonds is 40. The molecular weight excluding hydrogens is 556 g/mol. The molecule has 0 aliphatic rings. The maximum Gasteiger partial charge on any atom is 0.0704 e. The average molecular weight is 623 g/mol. The van der Waals surface area contributed by atoms with E-state index in [1.165, 1.54) is 57.8 Å². The molecule has 10 nitrogen and oxygen atoms in total. The van der Waals surface area contributed by atoms with Crippen LogP contribution in [-0.4, -0.2) is 132 Å². The fraction of sp³-hybridized carbons (Fsp3) is 0.939. The van der Waals surface area contributed by atoms with Crippen molar-refractivity contribution in [2.24, 2.45) is 0 Å². The van der Waals surface area contributed by atoms with Gasteiger partial charge in [-0.15, -0.1) is 6.58 Å². The molecule has 0 heterocycles. The van der Waals surface area contributed by atoms with Gasteiger partial charge in [-0.1, -0.05) is 70.8 Å². The maximum absolute atomic E-state index is 5.64. The van der Waals surface area contributed by atoms with Gasteiger partial charge in [0.15, 0.2) is 0 Å². The molecule has 0 unspecified atom stereocenters. The van der Waals surface area contributed by atoms with E-state index < -0.39 is 0 Å². The standard InChI is InChI=1S/C33H66O10/c1-3-5-6-7-8-9-10-11-12-13-15-35-17-19-37-21-23-39-25-27-41-29-31-43-33-32-42-30-28-40-26-24-38-22-20-36-18-16-34-14-4-2/h4H,2-3,5-33H2,1H3. The molecule has 0 aromatic rings. The Morgan fingerprint density at radius 3 is 0.814 bits per heavy atom. The van der Waals surface area contributed by atoms with E-state index in [-0.39, 0.29) is 0 Å². The van der Waals surface area contributed by atoms with Crippen LogP contribution in [0, 0.1) is 0 Å². The normalized spacial score (nSPS) is 11.5. The smallest absolute Gasteiger partial charge is 0.0704 e. The fourth-order valence-electron chi connectivity index (χ4n) is 3.84. The van der Waals surface area contributed by atoms with Gasteiger partial charge in [0.2, 0.25) is 0 Å². The summed E-state index contributed by atoms with van der Waals surface area (Å²) in [5.41, 5.74) is 0. The van der Waals surface area contributed by atoms with Gasteiger partial charge >= 0.3 is 0 Å². The van der Waals surface area contributed by atoms with Crippen LogP contribution in [0.5, 0.6) is 0 Å². The second-order valence-electron chi connectivity index (χ2n) is 10.1. The number of unbranched alkanes of at least 4 members (excludes halogenated alkanes) is 9. The summed E-state index contributed by atoms with van der Waals surface area (Å²) >= 11 is 0. The quantitative estimate of drug-likeness (QED) is 0.0666. The van der Waals surface area contributed by atoms with Crippen LogP contribution in [-0.2, 0) is 47.4 Å². The third-order valence-electron chi connectivity index (χ3n) is 6.23. The summed E-state index contributed by atoms with van der Waals surface area (Å²) in [5, 5.41) is 0. The molecule has 0 fully saturated rings. The molecule has 0 amide bonds. The average Bonchev–Trinajstić information content (AvgIpc) is 3.02. The Labute approximate surface area is 263 Å². The monoisotopic (exact) mass is 622 g/mol. The van der Waals surface area contributed by atoms with Crippen LogP contribution in [0.25, 0.3) is 0 Å². The highest BCUT2D eigenvalue weighted by Crippen LogP contribution is 2.10. The van der Waals surface area contributed by atoms with Gasteiger partial charge in [-0.05, 0) is 6.42 Å². The molecule has 0 rings (SSSR count). The first kappa shape index (κ1) is 42.3. The SMILES string of the molecule is C=CCOCCOCCOCCOCCOCCOCCOCCOCCOCCOCCCCCCCCCCCC. The first-order valence-electron chi connectivity index (χ1n) is 16.8. The van der Waals surface area contributed by atoms with Crippen LogP contribution >= 0.6 is 0 Å². The van der Waals surface area contributed by atoms with Gasteiger partial charge in [0.05, 0.1) is 126 Å².